The van der Waals surface area contributed by atoms with E-state index in [1.54, 1.807) is 6.20 Å². The quantitative estimate of drug-likeness (QED) is 0.874. The van der Waals surface area contributed by atoms with Gasteiger partial charge in [-0.25, -0.2) is 13.8 Å². The molecular weight excluding hydrogens is 234 g/mol. The van der Waals surface area contributed by atoms with E-state index in [1.807, 2.05) is 0 Å². The van der Waals surface area contributed by atoms with Gasteiger partial charge in [0, 0.05) is 23.9 Å². The van der Waals surface area contributed by atoms with Gasteiger partial charge in [0.1, 0.15) is 0 Å². The number of thiazole rings is 1. The summed E-state index contributed by atoms with van der Waals surface area (Å²) >= 11 is 1.34. The largest absolute Gasteiger partial charge is 0.473 e. The van der Waals surface area contributed by atoms with Gasteiger partial charge in [-0.2, -0.15) is 0 Å². The highest BCUT2D eigenvalue weighted by Crippen LogP contribution is 2.44. The summed E-state index contributed by atoms with van der Waals surface area (Å²) in [6, 6.07) is 0. The molecule has 0 saturated heterocycles. The van der Waals surface area contributed by atoms with Crippen molar-refractivity contribution in [1.82, 2.24) is 4.98 Å². The van der Waals surface area contributed by atoms with Gasteiger partial charge < -0.3 is 10.5 Å². The van der Waals surface area contributed by atoms with Gasteiger partial charge >= 0.3 is 0 Å². The molecular formula is C10H14F2N2OS. The summed E-state index contributed by atoms with van der Waals surface area (Å²) in [6.07, 6.45) is 1.93. The van der Waals surface area contributed by atoms with Crippen LogP contribution in [0.15, 0.2) is 6.20 Å². The molecule has 1 aromatic heterocycles. The molecule has 0 atom stereocenters. The smallest absolute Gasteiger partial charge is 0.273 e. The number of hydrogen-bond acceptors (Lipinski definition) is 4. The molecule has 3 nitrogen and oxygen atoms in total. The zero-order valence-corrected chi connectivity index (χ0v) is 9.82. The van der Waals surface area contributed by atoms with Gasteiger partial charge in [-0.3, -0.25) is 0 Å². The van der Waals surface area contributed by atoms with Gasteiger partial charge in [-0.1, -0.05) is 11.3 Å². The van der Waals surface area contributed by atoms with Crippen molar-refractivity contribution < 1.29 is 13.5 Å². The van der Waals surface area contributed by atoms with E-state index in [0.29, 0.717) is 18.0 Å². The molecule has 0 unspecified atom stereocenters. The molecule has 16 heavy (non-hydrogen) atoms. The van der Waals surface area contributed by atoms with Crippen molar-refractivity contribution in [2.24, 2.45) is 5.73 Å². The Morgan fingerprint density at radius 1 is 1.38 bits per heavy atom. The van der Waals surface area contributed by atoms with Crippen LogP contribution in [0.5, 0.6) is 5.19 Å². The molecule has 1 aliphatic rings. The second-order valence-electron chi connectivity index (χ2n) is 4.21. The molecule has 0 aromatic carbocycles. The van der Waals surface area contributed by atoms with Crippen LogP contribution in [0.3, 0.4) is 0 Å². The van der Waals surface area contributed by atoms with E-state index in [0.717, 1.165) is 4.88 Å². The molecule has 0 bridgehead atoms. The highest BCUT2D eigenvalue weighted by atomic mass is 32.1. The van der Waals surface area contributed by atoms with E-state index < -0.39 is 11.5 Å². The van der Waals surface area contributed by atoms with E-state index >= 15 is 0 Å². The topological polar surface area (TPSA) is 48.1 Å². The minimum Gasteiger partial charge on any atom is -0.473 e. The Balaban J connectivity index is 2.14. The Labute approximate surface area is 96.6 Å². The molecule has 0 amide bonds. The van der Waals surface area contributed by atoms with E-state index in [2.05, 4.69) is 4.98 Å². The summed E-state index contributed by atoms with van der Waals surface area (Å²) < 4.78 is 31.1. The molecule has 1 aromatic rings. The minimum atomic E-state index is -2.56. The average Bonchev–Trinajstić information content (AvgIpc) is 2.72. The predicted octanol–water partition coefficient (Wildman–Crippen LogP) is 2.52. The molecule has 2 N–H and O–H groups in total. The van der Waals surface area contributed by atoms with E-state index in [1.165, 1.54) is 18.4 Å². The first-order chi connectivity index (χ1) is 7.45. The fourth-order valence-electron chi connectivity index (χ4n) is 1.89. The number of ether oxygens (including phenoxy) is 1. The molecule has 0 spiro atoms. The lowest BCUT2D eigenvalue weighted by Gasteiger charge is -2.35. The minimum absolute atomic E-state index is 0.149. The lowest BCUT2D eigenvalue weighted by Crippen LogP contribution is -2.42. The summed E-state index contributed by atoms with van der Waals surface area (Å²) in [5, 5.41) is 0.525. The first-order valence-corrected chi connectivity index (χ1v) is 5.94. The maximum Gasteiger partial charge on any atom is 0.273 e. The van der Waals surface area contributed by atoms with Crippen molar-refractivity contribution in [3.63, 3.8) is 0 Å². The average molecular weight is 248 g/mol. The number of rotatable bonds is 2. The third-order valence-electron chi connectivity index (χ3n) is 3.02. The van der Waals surface area contributed by atoms with Crippen molar-refractivity contribution in [3.05, 3.63) is 11.1 Å². The lowest BCUT2D eigenvalue weighted by molar-refractivity contribution is -0.0509. The number of hydrogen-bond donors (Lipinski definition) is 1. The lowest BCUT2D eigenvalue weighted by atomic mass is 9.80. The molecule has 2 rings (SSSR count). The Hall–Kier alpha value is -0.750. The van der Waals surface area contributed by atoms with E-state index in [4.69, 9.17) is 10.5 Å². The van der Waals surface area contributed by atoms with Crippen molar-refractivity contribution in [2.45, 2.75) is 37.1 Å². The summed E-state index contributed by atoms with van der Waals surface area (Å²) in [5.74, 6) is -2.56. The number of aromatic nitrogens is 1. The van der Waals surface area contributed by atoms with Gasteiger partial charge in [0.25, 0.3) is 5.19 Å². The molecule has 0 radical (unpaired) electrons. The summed E-state index contributed by atoms with van der Waals surface area (Å²) in [5.41, 5.74) is 5.49. The van der Waals surface area contributed by atoms with Gasteiger partial charge in [0.2, 0.25) is 5.92 Å². The highest BCUT2D eigenvalue weighted by molar-refractivity contribution is 7.13. The molecule has 1 heterocycles. The van der Waals surface area contributed by atoms with Crippen LogP contribution in [-0.4, -0.2) is 18.0 Å². The van der Waals surface area contributed by atoms with Crippen molar-refractivity contribution in [1.29, 1.82) is 0 Å². The maximum atomic E-state index is 13.0. The van der Waals surface area contributed by atoms with Crippen LogP contribution in [0.2, 0.25) is 0 Å². The zero-order valence-electron chi connectivity index (χ0n) is 9.00. The molecule has 6 heteroatoms. The van der Waals surface area contributed by atoms with Gasteiger partial charge in [-0.15, -0.1) is 0 Å². The van der Waals surface area contributed by atoms with Crippen molar-refractivity contribution in [3.8, 4) is 5.19 Å². The summed E-state index contributed by atoms with van der Waals surface area (Å²) in [4.78, 5) is 4.85. The third-order valence-corrected chi connectivity index (χ3v) is 4.20. The Morgan fingerprint density at radius 3 is 2.50 bits per heavy atom. The highest BCUT2D eigenvalue weighted by Gasteiger charge is 2.43. The van der Waals surface area contributed by atoms with Gasteiger partial charge in [0.05, 0.1) is 12.6 Å². The zero-order chi connectivity index (χ0) is 11.8. The van der Waals surface area contributed by atoms with Gasteiger partial charge in [-0.05, 0) is 12.8 Å². The van der Waals surface area contributed by atoms with Crippen LogP contribution < -0.4 is 10.5 Å². The predicted molar refractivity (Wildman–Crippen MR) is 57.9 cm³/mol. The van der Waals surface area contributed by atoms with Crippen LogP contribution in [0.4, 0.5) is 8.78 Å². The van der Waals surface area contributed by atoms with Crippen LogP contribution >= 0.6 is 11.3 Å². The van der Waals surface area contributed by atoms with Crippen LogP contribution in [0.25, 0.3) is 0 Å². The standard InChI is InChI=1S/C10H14F2N2OS/c1-15-8-14-6-7(16-8)9(13)2-4-10(11,12)5-3-9/h6H,2-5,13H2,1H3. The Bertz CT molecular complexity index is 371. The SMILES string of the molecule is COc1ncc(C2(N)CCC(F)(F)CC2)s1. The Kier molecular flexibility index (Phi) is 2.88. The first-order valence-electron chi connectivity index (χ1n) is 5.12. The summed E-state index contributed by atoms with van der Waals surface area (Å²) in [6.45, 7) is 0. The first kappa shape index (κ1) is 11.7. The second-order valence-corrected chi connectivity index (χ2v) is 5.20. The summed E-state index contributed by atoms with van der Waals surface area (Å²) in [7, 11) is 1.53. The maximum absolute atomic E-state index is 13.0. The molecule has 1 fully saturated rings. The third kappa shape index (κ3) is 2.17. The fraction of sp³-hybridized carbons (Fsp3) is 0.700. The number of methoxy groups -OCH3 is 1. The molecule has 90 valence electrons. The number of nitrogens with two attached hydrogens (primary N) is 1. The monoisotopic (exact) mass is 248 g/mol. The van der Waals surface area contributed by atoms with Crippen molar-refractivity contribution in [2.75, 3.05) is 7.11 Å². The molecule has 1 saturated carbocycles. The molecule has 0 aliphatic heterocycles. The molecule has 1 aliphatic carbocycles. The van der Waals surface area contributed by atoms with Crippen molar-refractivity contribution >= 4 is 11.3 Å². The van der Waals surface area contributed by atoms with E-state index in [-0.39, 0.29) is 12.8 Å². The number of nitrogens with zero attached hydrogens (tertiary/aromatic N) is 1. The van der Waals surface area contributed by atoms with Crippen LogP contribution in [-0.2, 0) is 5.54 Å². The van der Waals surface area contributed by atoms with Crippen LogP contribution in [0, 0.1) is 0 Å². The fourth-order valence-corrected chi connectivity index (χ4v) is 2.78. The van der Waals surface area contributed by atoms with E-state index in [9.17, 15) is 8.78 Å². The number of alkyl halides is 2. The normalized spacial score (nSPS) is 23.0. The second kappa shape index (κ2) is 3.92. The van der Waals surface area contributed by atoms with Crippen LogP contribution in [0.1, 0.15) is 30.6 Å². The van der Waals surface area contributed by atoms with Gasteiger partial charge in [0.15, 0.2) is 0 Å². The number of halogens is 2. The Morgan fingerprint density at radius 2 is 2.00 bits per heavy atom.